The van der Waals surface area contributed by atoms with Crippen molar-refractivity contribution in [1.82, 2.24) is 0 Å². The Morgan fingerprint density at radius 2 is 1.25 bits per heavy atom. The van der Waals surface area contributed by atoms with Crippen molar-refractivity contribution in [3.05, 3.63) is 12.2 Å². The van der Waals surface area contributed by atoms with Crippen LogP contribution in [-0.4, -0.2) is 22.2 Å². The molecule has 0 spiro atoms. The zero-order valence-electron chi connectivity index (χ0n) is 15.3. The van der Waals surface area contributed by atoms with Crippen molar-refractivity contribution in [3.63, 3.8) is 0 Å². The fourth-order valence-corrected chi connectivity index (χ4v) is 2.79. The summed E-state index contributed by atoms with van der Waals surface area (Å²) in [5.74, 6) is -3.04. The molecule has 1 atom stereocenters. The second kappa shape index (κ2) is 16.5. The van der Waals surface area contributed by atoms with Gasteiger partial charge in [0.25, 0.3) is 0 Å². The predicted molar refractivity (Wildman–Crippen MR) is 98.2 cm³/mol. The van der Waals surface area contributed by atoms with E-state index in [1.54, 1.807) is 0 Å². The van der Waals surface area contributed by atoms with E-state index < -0.39 is 17.9 Å². The van der Waals surface area contributed by atoms with Gasteiger partial charge in [-0.1, -0.05) is 89.7 Å². The minimum Gasteiger partial charge on any atom is -0.481 e. The SMILES string of the molecule is CCCCCCCCCCCCCC/C=C/C(CC(=O)O)C(=O)O. The third-order valence-corrected chi connectivity index (χ3v) is 4.30. The van der Waals surface area contributed by atoms with Crippen LogP contribution < -0.4 is 0 Å². The van der Waals surface area contributed by atoms with Crippen LogP contribution in [-0.2, 0) is 9.59 Å². The van der Waals surface area contributed by atoms with Crippen LogP contribution in [0.15, 0.2) is 12.2 Å². The third-order valence-electron chi connectivity index (χ3n) is 4.30. The van der Waals surface area contributed by atoms with E-state index in [0.717, 1.165) is 19.3 Å². The summed E-state index contributed by atoms with van der Waals surface area (Å²) in [6.45, 7) is 2.25. The molecule has 140 valence electrons. The highest BCUT2D eigenvalue weighted by Gasteiger charge is 2.17. The molecule has 0 aromatic heterocycles. The molecule has 0 fully saturated rings. The van der Waals surface area contributed by atoms with Gasteiger partial charge in [0, 0.05) is 0 Å². The second-order valence-corrected chi connectivity index (χ2v) is 6.65. The maximum atomic E-state index is 10.9. The first kappa shape index (κ1) is 22.7. The summed E-state index contributed by atoms with van der Waals surface area (Å²) in [6.07, 6.45) is 19.4. The molecule has 0 aromatic rings. The zero-order valence-corrected chi connectivity index (χ0v) is 15.3. The van der Waals surface area contributed by atoms with Gasteiger partial charge >= 0.3 is 11.9 Å². The van der Waals surface area contributed by atoms with Crippen molar-refractivity contribution < 1.29 is 19.8 Å². The van der Waals surface area contributed by atoms with Crippen molar-refractivity contribution in [2.24, 2.45) is 5.92 Å². The van der Waals surface area contributed by atoms with Crippen LogP contribution in [0.2, 0.25) is 0 Å². The zero-order chi connectivity index (χ0) is 18.0. The third kappa shape index (κ3) is 15.6. The summed E-state index contributed by atoms with van der Waals surface area (Å²) in [6, 6.07) is 0. The first-order valence-electron chi connectivity index (χ1n) is 9.69. The molecule has 0 radical (unpaired) electrons. The minimum atomic E-state index is -1.07. The van der Waals surface area contributed by atoms with E-state index in [0.29, 0.717) is 0 Å². The number of hydrogen-bond donors (Lipinski definition) is 2. The summed E-state index contributed by atoms with van der Waals surface area (Å²) in [5.41, 5.74) is 0. The topological polar surface area (TPSA) is 74.6 Å². The summed E-state index contributed by atoms with van der Waals surface area (Å²) < 4.78 is 0. The summed E-state index contributed by atoms with van der Waals surface area (Å²) in [4.78, 5) is 21.5. The van der Waals surface area contributed by atoms with Gasteiger partial charge in [-0.3, -0.25) is 9.59 Å². The number of rotatable bonds is 17. The Kier molecular flexibility index (Phi) is 15.6. The normalized spacial score (nSPS) is 12.5. The van der Waals surface area contributed by atoms with Gasteiger partial charge in [0.05, 0.1) is 12.3 Å². The Morgan fingerprint density at radius 1 is 0.792 bits per heavy atom. The fraction of sp³-hybridized carbons (Fsp3) is 0.800. The molecule has 4 heteroatoms. The van der Waals surface area contributed by atoms with Gasteiger partial charge in [-0.25, -0.2) is 0 Å². The highest BCUT2D eigenvalue weighted by Crippen LogP contribution is 2.13. The molecule has 0 amide bonds. The maximum Gasteiger partial charge on any atom is 0.310 e. The highest BCUT2D eigenvalue weighted by atomic mass is 16.4. The molecule has 4 nitrogen and oxygen atoms in total. The van der Waals surface area contributed by atoms with Gasteiger partial charge in [0.1, 0.15) is 0 Å². The van der Waals surface area contributed by atoms with Crippen LogP contribution in [0.5, 0.6) is 0 Å². The number of allylic oxidation sites excluding steroid dienone is 1. The Hall–Kier alpha value is -1.32. The number of carboxylic acids is 2. The Morgan fingerprint density at radius 3 is 1.67 bits per heavy atom. The molecule has 0 saturated heterocycles. The molecule has 0 saturated carbocycles. The van der Waals surface area contributed by atoms with Gasteiger partial charge in [-0.15, -0.1) is 0 Å². The van der Waals surface area contributed by atoms with Gasteiger partial charge < -0.3 is 10.2 Å². The summed E-state index contributed by atoms with van der Waals surface area (Å²) >= 11 is 0. The van der Waals surface area contributed by atoms with Crippen molar-refractivity contribution in [2.45, 2.75) is 96.8 Å². The van der Waals surface area contributed by atoms with Gasteiger partial charge in [-0.2, -0.15) is 0 Å². The average molecular weight is 341 g/mol. The van der Waals surface area contributed by atoms with Crippen molar-refractivity contribution >= 4 is 11.9 Å². The van der Waals surface area contributed by atoms with E-state index >= 15 is 0 Å². The molecule has 0 aliphatic rings. The standard InChI is InChI=1S/C20H36O4/c1-2-3-4-5-6-7-8-9-10-11-12-13-14-15-16-18(20(23)24)17-19(21)22/h15-16,18H,2-14,17H2,1H3,(H,21,22)(H,23,24)/b16-15+. The van der Waals surface area contributed by atoms with Gasteiger partial charge in [-0.05, 0) is 12.8 Å². The van der Waals surface area contributed by atoms with E-state index in [1.165, 1.54) is 70.3 Å². The molecule has 0 aliphatic heterocycles. The molecule has 0 aromatic carbocycles. The van der Waals surface area contributed by atoms with Gasteiger partial charge in [0.15, 0.2) is 0 Å². The van der Waals surface area contributed by atoms with Crippen LogP contribution in [0.25, 0.3) is 0 Å². The highest BCUT2D eigenvalue weighted by molar-refractivity contribution is 5.79. The lowest BCUT2D eigenvalue weighted by Gasteiger charge is -2.04. The predicted octanol–water partition coefficient (Wildman–Crippen LogP) is 5.81. The Balaban J connectivity index is 3.42. The maximum absolute atomic E-state index is 10.9. The fourth-order valence-electron chi connectivity index (χ4n) is 2.79. The van der Waals surface area contributed by atoms with E-state index in [1.807, 2.05) is 6.08 Å². The molecule has 2 N–H and O–H groups in total. The monoisotopic (exact) mass is 340 g/mol. The first-order chi connectivity index (χ1) is 11.6. The largest absolute Gasteiger partial charge is 0.481 e. The van der Waals surface area contributed by atoms with Crippen molar-refractivity contribution in [3.8, 4) is 0 Å². The Labute approximate surface area is 147 Å². The lowest BCUT2D eigenvalue weighted by molar-refractivity contribution is -0.146. The van der Waals surface area contributed by atoms with E-state index in [4.69, 9.17) is 10.2 Å². The van der Waals surface area contributed by atoms with E-state index in [2.05, 4.69) is 6.92 Å². The molecule has 0 rings (SSSR count). The minimum absolute atomic E-state index is 0.343. The molecular weight excluding hydrogens is 304 g/mol. The number of aliphatic carboxylic acids is 2. The van der Waals surface area contributed by atoms with Crippen LogP contribution in [0.1, 0.15) is 96.8 Å². The number of unbranched alkanes of at least 4 members (excludes halogenated alkanes) is 12. The Bertz CT molecular complexity index is 350. The van der Waals surface area contributed by atoms with Crippen LogP contribution in [0.4, 0.5) is 0 Å². The summed E-state index contributed by atoms with van der Waals surface area (Å²) in [7, 11) is 0. The van der Waals surface area contributed by atoms with E-state index in [-0.39, 0.29) is 6.42 Å². The van der Waals surface area contributed by atoms with Crippen molar-refractivity contribution in [2.75, 3.05) is 0 Å². The molecule has 0 heterocycles. The first-order valence-corrected chi connectivity index (χ1v) is 9.69. The lowest BCUT2D eigenvalue weighted by Crippen LogP contribution is -2.15. The number of hydrogen-bond acceptors (Lipinski definition) is 2. The van der Waals surface area contributed by atoms with Gasteiger partial charge in [0.2, 0.25) is 0 Å². The van der Waals surface area contributed by atoms with E-state index in [9.17, 15) is 9.59 Å². The lowest BCUT2D eigenvalue weighted by atomic mass is 10.0. The smallest absolute Gasteiger partial charge is 0.310 e. The summed E-state index contributed by atoms with van der Waals surface area (Å²) in [5, 5.41) is 17.6. The molecule has 0 bridgehead atoms. The molecule has 24 heavy (non-hydrogen) atoms. The molecular formula is C20H36O4. The molecule has 1 unspecified atom stereocenters. The van der Waals surface area contributed by atoms with Crippen molar-refractivity contribution in [1.29, 1.82) is 0 Å². The number of carboxylic acid groups (broad SMARTS) is 2. The van der Waals surface area contributed by atoms with Crippen LogP contribution in [0, 0.1) is 5.92 Å². The molecule has 0 aliphatic carbocycles. The quantitative estimate of drug-likeness (QED) is 0.259. The van der Waals surface area contributed by atoms with Crippen LogP contribution in [0.3, 0.4) is 0 Å². The average Bonchev–Trinajstić information content (AvgIpc) is 2.53. The number of carbonyl (C=O) groups is 2. The second-order valence-electron chi connectivity index (χ2n) is 6.65. The van der Waals surface area contributed by atoms with Crippen LogP contribution >= 0.6 is 0 Å².